The van der Waals surface area contributed by atoms with Gasteiger partial charge in [0.05, 0.1) is 11.7 Å². The topological polar surface area (TPSA) is 80.9 Å². The van der Waals surface area contributed by atoms with Gasteiger partial charge in [0.1, 0.15) is 11.7 Å². The van der Waals surface area contributed by atoms with E-state index < -0.39 is 28.8 Å². The van der Waals surface area contributed by atoms with Crippen LogP contribution in [0, 0.1) is 46.3 Å². The summed E-state index contributed by atoms with van der Waals surface area (Å²) in [6.45, 7) is 11.7. The smallest absolute Gasteiger partial charge is 0.105 e. The van der Waals surface area contributed by atoms with Crippen LogP contribution in [0.25, 0.3) is 0 Å². The van der Waals surface area contributed by atoms with Crippen LogP contribution < -0.4 is 0 Å². The highest BCUT2D eigenvalue weighted by Gasteiger charge is 2.71. The molecule has 0 bridgehead atoms. The lowest BCUT2D eigenvalue weighted by Gasteiger charge is -2.65. The number of rotatable bonds is 5. The van der Waals surface area contributed by atoms with Crippen LogP contribution in [0.5, 0.6) is 0 Å². The molecule has 5 aliphatic rings. The van der Waals surface area contributed by atoms with Crippen LogP contribution in [0.4, 0.5) is 0 Å². The van der Waals surface area contributed by atoms with Crippen molar-refractivity contribution in [1.29, 1.82) is 0 Å². The fraction of sp³-hybridized carbons (Fsp3) is 0.931. The Morgan fingerprint density at radius 3 is 2.30 bits per heavy atom. The van der Waals surface area contributed by atoms with E-state index in [1.807, 2.05) is 13.0 Å². The van der Waals surface area contributed by atoms with Gasteiger partial charge >= 0.3 is 0 Å². The van der Waals surface area contributed by atoms with Crippen molar-refractivity contribution in [2.24, 2.45) is 46.3 Å². The van der Waals surface area contributed by atoms with Crippen molar-refractivity contribution >= 4 is 0 Å². The number of aliphatic hydroxyl groups excluding tert-OH is 2. The second-order valence-electron chi connectivity index (χ2n) is 13.7. The van der Waals surface area contributed by atoms with Crippen LogP contribution in [0.2, 0.25) is 0 Å². The minimum Gasteiger partial charge on any atom is -0.393 e. The van der Waals surface area contributed by atoms with E-state index in [9.17, 15) is 20.4 Å². The third kappa shape index (κ3) is 3.29. The van der Waals surface area contributed by atoms with Crippen molar-refractivity contribution in [1.82, 2.24) is 0 Å². The molecule has 4 nitrogen and oxygen atoms in total. The van der Waals surface area contributed by atoms with Gasteiger partial charge in [-0.2, -0.15) is 0 Å². The van der Waals surface area contributed by atoms with Crippen molar-refractivity contribution in [3.8, 4) is 0 Å². The van der Waals surface area contributed by atoms with Gasteiger partial charge in [0.15, 0.2) is 0 Å². The van der Waals surface area contributed by atoms with Crippen LogP contribution in [-0.4, -0.2) is 43.8 Å². The molecule has 12 atom stereocenters. The Morgan fingerprint density at radius 1 is 0.970 bits per heavy atom. The van der Waals surface area contributed by atoms with E-state index in [2.05, 4.69) is 27.7 Å². The van der Waals surface area contributed by atoms with Gasteiger partial charge in [-0.25, -0.2) is 0 Å². The maximum absolute atomic E-state index is 12.2. The van der Waals surface area contributed by atoms with Crippen molar-refractivity contribution < 1.29 is 20.4 Å². The van der Waals surface area contributed by atoms with E-state index in [-0.39, 0.29) is 17.8 Å². The zero-order valence-corrected chi connectivity index (χ0v) is 21.6. The number of hydrogen-bond acceptors (Lipinski definition) is 4. The number of hydrogen-bond donors (Lipinski definition) is 4. The zero-order chi connectivity index (χ0) is 24.0. The van der Waals surface area contributed by atoms with Gasteiger partial charge in [0.2, 0.25) is 0 Å². The first kappa shape index (κ1) is 24.3. The quantitative estimate of drug-likeness (QED) is 0.443. The molecule has 5 aliphatic carbocycles. The second-order valence-corrected chi connectivity index (χ2v) is 13.7. The lowest BCUT2D eigenvalue weighted by atomic mass is 9.43. The molecule has 33 heavy (non-hydrogen) atoms. The summed E-state index contributed by atoms with van der Waals surface area (Å²) in [4.78, 5) is 0. The Balaban J connectivity index is 1.39. The summed E-state index contributed by atoms with van der Waals surface area (Å²) in [6, 6.07) is 0. The maximum atomic E-state index is 12.2. The van der Waals surface area contributed by atoms with Gasteiger partial charge in [0, 0.05) is 11.8 Å². The summed E-state index contributed by atoms with van der Waals surface area (Å²) in [5.74, 6) is 4.29. The first-order valence-corrected chi connectivity index (χ1v) is 13.9. The molecule has 0 amide bonds. The molecule has 4 N–H and O–H groups in total. The molecule has 12 unspecified atom stereocenters. The van der Waals surface area contributed by atoms with Crippen molar-refractivity contribution in [2.75, 3.05) is 0 Å². The predicted molar refractivity (Wildman–Crippen MR) is 130 cm³/mol. The van der Waals surface area contributed by atoms with Crippen LogP contribution in [0.3, 0.4) is 0 Å². The Morgan fingerprint density at radius 2 is 1.64 bits per heavy atom. The third-order valence-corrected chi connectivity index (χ3v) is 12.2. The molecule has 4 fully saturated rings. The van der Waals surface area contributed by atoms with Gasteiger partial charge in [-0.15, -0.1) is 0 Å². The molecule has 0 aromatic carbocycles. The lowest BCUT2D eigenvalue weighted by Crippen LogP contribution is -2.72. The summed E-state index contributed by atoms with van der Waals surface area (Å²) in [5, 5.41) is 45.3. The number of aliphatic hydroxyl groups is 4. The van der Waals surface area contributed by atoms with Gasteiger partial charge in [-0.3, -0.25) is 0 Å². The molecule has 0 aromatic rings. The first-order valence-electron chi connectivity index (χ1n) is 13.9. The summed E-state index contributed by atoms with van der Waals surface area (Å²) >= 11 is 0. The van der Waals surface area contributed by atoms with E-state index in [1.165, 1.54) is 25.7 Å². The van der Waals surface area contributed by atoms with Crippen molar-refractivity contribution in [3.63, 3.8) is 0 Å². The molecule has 0 spiro atoms. The molecule has 4 saturated carbocycles. The highest BCUT2D eigenvalue weighted by atomic mass is 16.4. The standard InChI is InChI=1S/C29H48O4/c1-17(21-14-19(21)3)6-7-18(2)22-8-9-23-24-15-25(31)29(33)16-20(30)10-11-27(29,5)28(24,32)13-12-26(22,23)4/h15,17-23,25,30-33H,6-14,16H2,1-5H3. The summed E-state index contributed by atoms with van der Waals surface area (Å²) in [5.41, 5.74) is -2.25. The second kappa shape index (κ2) is 7.79. The van der Waals surface area contributed by atoms with E-state index in [1.54, 1.807) is 0 Å². The Bertz CT molecular complexity index is 809. The molecular formula is C29H48O4. The lowest BCUT2D eigenvalue weighted by molar-refractivity contribution is -0.258. The molecule has 188 valence electrons. The SMILES string of the molecule is CC(CCC(C)C1CCC2C3=CC(O)C4(O)CC(O)CCC4(C)C3(O)CCC21C)C1CC1C. The Kier molecular flexibility index (Phi) is 5.73. The van der Waals surface area contributed by atoms with Crippen molar-refractivity contribution in [2.45, 2.75) is 122 Å². The van der Waals surface area contributed by atoms with Crippen LogP contribution in [0.15, 0.2) is 11.6 Å². The monoisotopic (exact) mass is 460 g/mol. The molecule has 0 aliphatic heterocycles. The van der Waals surface area contributed by atoms with E-state index in [4.69, 9.17) is 0 Å². The Labute approximate surface area is 200 Å². The Hall–Kier alpha value is -0.420. The van der Waals surface area contributed by atoms with E-state index in [0.717, 1.165) is 36.2 Å². The molecule has 0 heterocycles. The molecule has 5 rings (SSSR count). The van der Waals surface area contributed by atoms with Gasteiger partial charge in [0.25, 0.3) is 0 Å². The highest BCUT2D eigenvalue weighted by Crippen LogP contribution is 2.69. The van der Waals surface area contributed by atoms with Gasteiger partial charge in [-0.1, -0.05) is 53.5 Å². The molecule has 0 radical (unpaired) electrons. The maximum Gasteiger partial charge on any atom is 0.105 e. The minimum absolute atomic E-state index is 0.135. The summed E-state index contributed by atoms with van der Waals surface area (Å²) in [6.07, 6.45) is 9.31. The third-order valence-electron chi connectivity index (χ3n) is 12.2. The molecular weight excluding hydrogens is 412 g/mol. The summed E-state index contributed by atoms with van der Waals surface area (Å²) in [7, 11) is 0. The number of fused-ring (bicyclic) bond motifs is 5. The van der Waals surface area contributed by atoms with Gasteiger partial charge < -0.3 is 20.4 Å². The molecule has 0 aromatic heterocycles. The van der Waals surface area contributed by atoms with Crippen LogP contribution in [-0.2, 0) is 0 Å². The molecule has 4 heteroatoms. The van der Waals surface area contributed by atoms with Crippen LogP contribution in [0.1, 0.15) is 98.8 Å². The average molecular weight is 461 g/mol. The fourth-order valence-electron chi connectivity index (χ4n) is 9.56. The van der Waals surface area contributed by atoms with Crippen LogP contribution >= 0.6 is 0 Å². The molecule has 0 saturated heterocycles. The van der Waals surface area contributed by atoms with E-state index in [0.29, 0.717) is 31.1 Å². The minimum atomic E-state index is -1.47. The average Bonchev–Trinajstić information content (AvgIpc) is 3.39. The predicted octanol–water partition coefficient (Wildman–Crippen LogP) is 4.84. The zero-order valence-electron chi connectivity index (χ0n) is 21.6. The highest BCUT2D eigenvalue weighted by molar-refractivity contribution is 5.40. The van der Waals surface area contributed by atoms with Crippen molar-refractivity contribution in [3.05, 3.63) is 11.6 Å². The largest absolute Gasteiger partial charge is 0.393 e. The van der Waals surface area contributed by atoms with Gasteiger partial charge in [-0.05, 0) is 91.4 Å². The normalized spacial score (nSPS) is 55.1. The van der Waals surface area contributed by atoms with E-state index >= 15 is 0 Å². The first-order chi connectivity index (χ1) is 15.4. The fourth-order valence-corrected chi connectivity index (χ4v) is 9.56. The summed E-state index contributed by atoms with van der Waals surface area (Å²) < 4.78 is 0.